The molecule has 0 radical (unpaired) electrons. The summed E-state index contributed by atoms with van der Waals surface area (Å²) < 4.78 is 25.4. The number of nitrogens with zero attached hydrogens (tertiary/aromatic N) is 5. The van der Waals surface area contributed by atoms with Crippen LogP contribution >= 0.6 is 0 Å². The molecule has 1 fully saturated rings. The summed E-state index contributed by atoms with van der Waals surface area (Å²) in [4.78, 5) is 17.1. The maximum absolute atomic E-state index is 11.3. The Kier molecular flexibility index (Phi) is 6.85. The van der Waals surface area contributed by atoms with Crippen molar-refractivity contribution in [1.82, 2.24) is 14.5 Å². The number of aromatic nitrogens is 2. The highest BCUT2D eigenvalue weighted by molar-refractivity contribution is 7.69. The maximum Gasteiger partial charge on any atom is 0.345 e. The highest BCUT2D eigenvalue weighted by Gasteiger charge is 2.22. The third-order valence-corrected chi connectivity index (χ3v) is 4.08. The Morgan fingerprint density at radius 1 is 1.48 bits per heavy atom. The predicted octanol–water partition coefficient (Wildman–Crippen LogP) is -0.864. The Balaban J connectivity index is 1.99. The first-order valence-corrected chi connectivity index (χ1v) is 8.25. The van der Waals surface area contributed by atoms with E-state index in [2.05, 4.69) is 18.5 Å². The second kappa shape index (κ2) is 8.88. The molecule has 1 aromatic heterocycles. The van der Waals surface area contributed by atoms with Gasteiger partial charge in [-0.25, -0.2) is 18.1 Å². The topological polar surface area (TPSA) is 138 Å². The molecule has 130 valence electrons. The van der Waals surface area contributed by atoms with Gasteiger partial charge in [0.05, 0.1) is 19.8 Å². The van der Waals surface area contributed by atoms with Crippen LogP contribution in [0.4, 0.5) is 5.82 Å². The maximum atomic E-state index is 11.3. The van der Waals surface area contributed by atoms with E-state index in [1.54, 1.807) is 0 Å². The number of rotatable bonds is 8. The van der Waals surface area contributed by atoms with Gasteiger partial charge in [0.2, 0.25) is 0 Å². The lowest BCUT2D eigenvalue weighted by atomic mass is 10.3. The van der Waals surface area contributed by atoms with Crippen molar-refractivity contribution >= 4 is 16.7 Å². The number of hydrogen-bond donors (Lipinski definition) is 2. The number of morpholine rings is 1. The largest absolute Gasteiger partial charge is 0.379 e. The van der Waals surface area contributed by atoms with Crippen molar-refractivity contribution in [3.05, 3.63) is 22.1 Å². The van der Waals surface area contributed by atoms with Gasteiger partial charge in [0.25, 0.3) is 0 Å². The summed E-state index contributed by atoms with van der Waals surface area (Å²) in [5.41, 5.74) is 0.307. The van der Waals surface area contributed by atoms with Gasteiger partial charge in [-0.05, 0) is 4.92 Å². The standard InChI is InChI=1S/C11H20N6O5S/c12-22-23(20)14-2-1-10-11(17(18)19)16(9-13-10)4-3-15-5-7-21-8-6-15/h9,23H,1-8,12H2. The molecular formula is C11H20N6O5S. The fourth-order valence-corrected chi connectivity index (χ4v) is 2.64. The molecule has 1 aromatic rings. The van der Waals surface area contributed by atoms with Gasteiger partial charge in [-0.2, -0.15) is 10.2 Å². The lowest BCUT2D eigenvalue weighted by Crippen LogP contribution is -2.38. The Morgan fingerprint density at radius 2 is 2.22 bits per heavy atom. The SMILES string of the molecule is NO[SH](=O)=NCCc1ncn(CCN2CCOCC2)c1[N+](=O)[O-]. The van der Waals surface area contributed by atoms with Gasteiger partial charge in [-0.3, -0.25) is 4.90 Å². The average Bonchev–Trinajstić information content (AvgIpc) is 2.97. The van der Waals surface area contributed by atoms with Crippen molar-refractivity contribution in [2.75, 3.05) is 39.4 Å². The molecule has 0 spiro atoms. The Labute approximate surface area is 134 Å². The van der Waals surface area contributed by atoms with Crippen LogP contribution in [-0.4, -0.2) is 63.0 Å². The van der Waals surface area contributed by atoms with Crippen molar-refractivity contribution < 1.29 is 18.2 Å². The number of hydrogen-bond acceptors (Lipinski definition) is 9. The van der Waals surface area contributed by atoms with Crippen LogP contribution < -0.4 is 5.90 Å². The summed E-state index contributed by atoms with van der Waals surface area (Å²) in [5.74, 6) is 4.67. The van der Waals surface area contributed by atoms with Gasteiger partial charge in [-0.1, -0.05) is 0 Å². The third-order valence-electron chi connectivity index (χ3n) is 3.47. The van der Waals surface area contributed by atoms with Gasteiger partial charge in [0.1, 0.15) is 12.2 Å². The molecule has 1 aliphatic heterocycles. The fourth-order valence-electron chi connectivity index (χ4n) is 2.31. The molecule has 12 heteroatoms. The molecule has 0 saturated carbocycles. The van der Waals surface area contributed by atoms with Crippen molar-refractivity contribution in [2.45, 2.75) is 13.0 Å². The van der Waals surface area contributed by atoms with E-state index in [4.69, 9.17) is 10.6 Å². The summed E-state index contributed by atoms with van der Waals surface area (Å²) in [7, 11) is -2.28. The molecule has 0 aliphatic carbocycles. The molecule has 2 rings (SSSR count). The van der Waals surface area contributed by atoms with E-state index in [1.165, 1.54) is 10.9 Å². The van der Waals surface area contributed by atoms with Crippen LogP contribution in [0.3, 0.4) is 0 Å². The molecule has 1 unspecified atom stereocenters. The zero-order chi connectivity index (χ0) is 16.7. The fraction of sp³-hybridized carbons (Fsp3) is 0.727. The van der Waals surface area contributed by atoms with E-state index < -0.39 is 15.8 Å². The summed E-state index contributed by atoms with van der Waals surface area (Å²) in [6.07, 6.45) is 1.65. The number of thiol groups is 1. The molecule has 1 atom stereocenters. The van der Waals surface area contributed by atoms with Crippen molar-refractivity contribution in [3.63, 3.8) is 0 Å². The average molecular weight is 348 g/mol. The highest BCUT2D eigenvalue weighted by atomic mass is 32.2. The zero-order valence-corrected chi connectivity index (χ0v) is 13.4. The number of ether oxygens (including phenoxy) is 1. The smallest absolute Gasteiger partial charge is 0.345 e. The van der Waals surface area contributed by atoms with Crippen LogP contribution in [-0.2, 0) is 32.9 Å². The zero-order valence-electron chi connectivity index (χ0n) is 12.5. The van der Waals surface area contributed by atoms with Gasteiger partial charge in [0, 0.05) is 26.1 Å². The number of nitrogens with two attached hydrogens (primary N) is 1. The second-order valence-corrected chi connectivity index (χ2v) is 5.85. The van der Waals surface area contributed by atoms with Gasteiger partial charge >= 0.3 is 5.82 Å². The first kappa shape index (κ1) is 17.7. The Bertz CT molecular complexity index is 608. The van der Waals surface area contributed by atoms with Crippen LogP contribution in [0.15, 0.2) is 10.7 Å². The molecule has 2 heterocycles. The third kappa shape index (κ3) is 5.21. The summed E-state index contributed by atoms with van der Waals surface area (Å²) >= 11 is 0. The van der Waals surface area contributed by atoms with Crippen LogP contribution in [0, 0.1) is 10.1 Å². The molecular weight excluding hydrogens is 328 g/mol. The quantitative estimate of drug-likeness (QED) is 0.351. The Hall–Kier alpha value is -1.60. The van der Waals surface area contributed by atoms with E-state index >= 15 is 0 Å². The monoisotopic (exact) mass is 348 g/mol. The minimum atomic E-state index is -2.28. The molecule has 0 aromatic carbocycles. The molecule has 0 amide bonds. The molecule has 1 saturated heterocycles. The lowest BCUT2D eigenvalue weighted by molar-refractivity contribution is -0.392. The Morgan fingerprint density at radius 3 is 2.87 bits per heavy atom. The molecule has 1 aliphatic rings. The first-order valence-electron chi connectivity index (χ1n) is 7.12. The second-order valence-electron chi connectivity index (χ2n) is 4.88. The van der Waals surface area contributed by atoms with Crippen molar-refractivity contribution in [2.24, 2.45) is 10.3 Å². The molecule has 0 bridgehead atoms. The van der Waals surface area contributed by atoms with Gasteiger partial charge in [-0.15, -0.1) is 0 Å². The van der Waals surface area contributed by atoms with Crippen molar-refractivity contribution in [3.8, 4) is 0 Å². The van der Waals surface area contributed by atoms with E-state index in [1.807, 2.05) is 0 Å². The summed E-state index contributed by atoms with van der Waals surface area (Å²) in [6, 6.07) is 0. The molecule has 11 nitrogen and oxygen atoms in total. The first-order chi connectivity index (χ1) is 11.1. The van der Waals surface area contributed by atoms with Crippen LogP contribution in [0.2, 0.25) is 0 Å². The van der Waals surface area contributed by atoms with Crippen molar-refractivity contribution in [1.29, 1.82) is 0 Å². The van der Waals surface area contributed by atoms with E-state index in [-0.39, 0.29) is 18.8 Å². The number of imidazole rings is 1. The molecule has 2 N–H and O–H groups in total. The lowest BCUT2D eigenvalue weighted by Gasteiger charge is -2.25. The van der Waals surface area contributed by atoms with Crippen LogP contribution in [0.25, 0.3) is 0 Å². The van der Waals surface area contributed by atoms with Crippen LogP contribution in [0.1, 0.15) is 5.69 Å². The minimum absolute atomic E-state index is 0.0580. The summed E-state index contributed by atoms with van der Waals surface area (Å²) in [6.45, 7) is 4.26. The van der Waals surface area contributed by atoms with Gasteiger partial charge in [0.15, 0.2) is 17.2 Å². The minimum Gasteiger partial charge on any atom is -0.379 e. The van der Waals surface area contributed by atoms with Crippen LogP contribution in [0.5, 0.6) is 0 Å². The van der Waals surface area contributed by atoms with E-state index in [0.717, 1.165) is 13.1 Å². The highest BCUT2D eigenvalue weighted by Crippen LogP contribution is 2.18. The predicted molar refractivity (Wildman–Crippen MR) is 81.9 cm³/mol. The summed E-state index contributed by atoms with van der Waals surface area (Å²) in [5, 5.41) is 11.3. The van der Waals surface area contributed by atoms with E-state index in [9.17, 15) is 14.3 Å². The normalized spacial score (nSPS) is 17.4. The number of nitro groups is 1. The van der Waals surface area contributed by atoms with Gasteiger partial charge < -0.3 is 14.9 Å². The van der Waals surface area contributed by atoms with E-state index in [0.29, 0.717) is 32.0 Å². The molecule has 23 heavy (non-hydrogen) atoms.